The van der Waals surface area contributed by atoms with Gasteiger partial charge in [-0.1, -0.05) is 0 Å². The fourth-order valence-electron chi connectivity index (χ4n) is 1.36. The highest BCUT2D eigenvalue weighted by molar-refractivity contribution is 4.81. The maximum atomic E-state index is 5.47. The van der Waals surface area contributed by atoms with Gasteiger partial charge in [-0.2, -0.15) is 5.10 Å². The summed E-state index contributed by atoms with van der Waals surface area (Å²) in [4.78, 5) is 0. The molecule has 0 saturated heterocycles. The molecule has 1 heterocycles. The first-order valence-corrected chi connectivity index (χ1v) is 5.16. The molecular weight excluding hydrogens is 176 g/mol. The van der Waals surface area contributed by atoms with Crippen molar-refractivity contribution in [2.45, 2.75) is 32.4 Å². The highest BCUT2D eigenvalue weighted by Crippen LogP contribution is 2.01. The standard InChI is InChI=1S/C10H20N4/c1-9(4-5-11)12-8-10(2)14-7-3-6-13-14/h3,6-7,9-10,12H,4-5,8,11H2,1-2H3. The number of nitrogens with two attached hydrogens (primary N) is 1. The summed E-state index contributed by atoms with van der Waals surface area (Å²) in [5, 5.41) is 7.62. The molecule has 1 aromatic heterocycles. The van der Waals surface area contributed by atoms with E-state index in [0.717, 1.165) is 19.5 Å². The van der Waals surface area contributed by atoms with Crippen molar-refractivity contribution in [3.05, 3.63) is 18.5 Å². The molecule has 1 rings (SSSR count). The zero-order valence-corrected chi connectivity index (χ0v) is 8.98. The van der Waals surface area contributed by atoms with Crippen molar-refractivity contribution in [2.24, 2.45) is 5.73 Å². The van der Waals surface area contributed by atoms with E-state index in [1.807, 2.05) is 16.9 Å². The predicted molar refractivity (Wildman–Crippen MR) is 58.1 cm³/mol. The van der Waals surface area contributed by atoms with Crippen LogP contribution in [0.2, 0.25) is 0 Å². The zero-order valence-electron chi connectivity index (χ0n) is 8.98. The number of aromatic nitrogens is 2. The first-order valence-electron chi connectivity index (χ1n) is 5.16. The van der Waals surface area contributed by atoms with Gasteiger partial charge in [-0.15, -0.1) is 0 Å². The molecule has 0 aliphatic heterocycles. The molecular formula is C10H20N4. The molecule has 14 heavy (non-hydrogen) atoms. The molecule has 0 spiro atoms. The van der Waals surface area contributed by atoms with Crippen LogP contribution >= 0.6 is 0 Å². The van der Waals surface area contributed by atoms with E-state index in [9.17, 15) is 0 Å². The molecule has 4 heteroatoms. The lowest BCUT2D eigenvalue weighted by molar-refractivity contribution is 0.415. The molecule has 0 aliphatic rings. The van der Waals surface area contributed by atoms with Gasteiger partial charge in [-0.05, 0) is 32.9 Å². The average molecular weight is 196 g/mol. The van der Waals surface area contributed by atoms with Crippen LogP contribution in [0.3, 0.4) is 0 Å². The summed E-state index contributed by atoms with van der Waals surface area (Å²) in [5.41, 5.74) is 5.47. The molecule has 0 bridgehead atoms. The van der Waals surface area contributed by atoms with E-state index < -0.39 is 0 Å². The molecule has 0 amide bonds. The lowest BCUT2D eigenvalue weighted by Gasteiger charge is -2.17. The summed E-state index contributed by atoms with van der Waals surface area (Å²) in [6, 6.07) is 2.82. The van der Waals surface area contributed by atoms with Crippen molar-refractivity contribution in [1.82, 2.24) is 15.1 Å². The van der Waals surface area contributed by atoms with Crippen molar-refractivity contribution in [3.63, 3.8) is 0 Å². The van der Waals surface area contributed by atoms with E-state index in [2.05, 4.69) is 24.3 Å². The summed E-state index contributed by atoms with van der Waals surface area (Å²) in [6.07, 6.45) is 4.81. The summed E-state index contributed by atoms with van der Waals surface area (Å²) < 4.78 is 1.96. The first kappa shape index (κ1) is 11.2. The Bertz CT molecular complexity index is 232. The monoisotopic (exact) mass is 196 g/mol. The summed E-state index contributed by atoms with van der Waals surface area (Å²) in [5.74, 6) is 0. The second-order valence-electron chi connectivity index (χ2n) is 3.72. The number of hydrogen-bond acceptors (Lipinski definition) is 3. The fraction of sp³-hybridized carbons (Fsp3) is 0.700. The lowest BCUT2D eigenvalue weighted by atomic mass is 10.2. The molecule has 1 aromatic rings. The van der Waals surface area contributed by atoms with Crippen LogP contribution in [0, 0.1) is 0 Å². The largest absolute Gasteiger partial charge is 0.330 e. The van der Waals surface area contributed by atoms with Gasteiger partial charge in [0.25, 0.3) is 0 Å². The molecule has 0 fully saturated rings. The van der Waals surface area contributed by atoms with Crippen LogP contribution in [-0.2, 0) is 0 Å². The van der Waals surface area contributed by atoms with Crippen LogP contribution in [0.15, 0.2) is 18.5 Å². The second kappa shape index (κ2) is 5.78. The average Bonchev–Trinajstić information content (AvgIpc) is 2.67. The Morgan fingerprint density at radius 3 is 2.86 bits per heavy atom. The van der Waals surface area contributed by atoms with Crippen LogP contribution in [0.1, 0.15) is 26.3 Å². The molecule has 0 saturated carbocycles. The third-order valence-electron chi connectivity index (χ3n) is 2.34. The highest BCUT2D eigenvalue weighted by Gasteiger charge is 2.06. The van der Waals surface area contributed by atoms with E-state index in [0.29, 0.717) is 12.1 Å². The van der Waals surface area contributed by atoms with Gasteiger partial charge in [0.1, 0.15) is 0 Å². The van der Waals surface area contributed by atoms with Crippen molar-refractivity contribution < 1.29 is 0 Å². The Hall–Kier alpha value is -0.870. The third kappa shape index (κ3) is 3.47. The van der Waals surface area contributed by atoms with Crippen molar-refractivity contribution >= 4 is 0 Å². The molecule has 2 unspecified atom stereocenters. The molecule has 2 atom stereocenters. The highest BCUT2D eigenvalue weighted by atomic mass is 15.3. The normalized spacial score (nSPS) is 15.4. The van der Waals surface area contributed by atoms with Crippen LogP contribution in [-0.4, -0.2) is 28.9 Å². The van der Waals surface area contributed by atoms with Gasteiger partial charge in [0.2, 0.25) is 0 Å². The Labute approximate surface area is 85.5 Å². The Kier molecular flexibility index (Phi) is 4.62. The summed E-state index contributed by atoms with van der Waals surface area (Å²) in [6.45, 7) is 5.98. The van der Waals surface area contributed by atoms with Gasteiger partial charge in [0, 0.05) is 25.0 Å². The van der Waals surface area contributed by atoms with Gasteiger partial charge in [0.05, 0.1) is 6.04 Å². The van der Waals surface area contributed by atoms with Gasteiger partial charge < -0.3 is 11.1 Å². The molecule has 3 N–H and O–H groups in total. The fourth-order valence-corrected chi connectivity index (χ4v) is 1.36. The van der Waals surface area contributed by atoms with Crippen molar-refractivity contribution in [1.29, 1.82) is 0 Å². The minimum Gasteiger partial charge on any atom is -0.330 e. The number of hydrogen-bond donors (Lipinski definition) is 2. The Morgan fingerprint density at radius 1 is 1.50 bits per heavy atom. The van der Waals surface area contributed by atoms with Crippen LogP contribution in [0.4, 0.5) is 0 Å². The van der Waals surface area contributed by atoms with E-state index >= 15 is 0 Å². The molecule has 0 aliphatic carbocycles. The molecule has 4 nitrogen and oxygen atoms in total. The maximum Gasteiger partial charge on any atom is 0.0615 e. The number of nitrogens with zero attached hydrogens (tertiary/aromatic N) is 2. The molecule has 0 radical (unpaired) electrons. The van der Waals surface area contributed by atoms with E-state index in [1.165, 1.54) is 0 Å². The Balaban J connectivity index is 2.24. The van der Waals surface area contributed by atoms with E-state index in [1.54, 1.807) is 6.20 Å². The number of rotatable bonds is 6. The lowest BCUT2D eigenvalue weighted by Crippen LogP contribution is -2.33. The van der Waals surface area contributed by atoms with Crippen LogP contribution in [0.25, 0.3) is 0 Å². The topological polar surface area (TPSA) is 55.9 Å². The van der Waals surface area contributed by atoms with E-state index in [-0.39, 0.29) is 0 Å². The van der Waals surface area contributed by atoms with Crippen LogP contribution < -0.4 is 11.1 Å². The minimum absolute atomic E-state index is 0.394. The quantitative estimate of drug-likeness (QED) is 0.706. The SMILES string of the molecule is CC(CCN)NCC(C)n1cccn1. The minimum atomic E-state index is 0.394. The predicted octanol–water partition coefficient (Wildman–Crippen LogP) is 0.771. The van der Waals surface area contributed by atoms with Gasteiger partial charge in [0.15, 0.2) is 0 Å². The van der Waals surface area contributed by atoms with Crippen molar-refractivity contribution in [3.8, 4) is 0 Å². The second-order valence-corrected chi connectivity index (χ2v) is 3.72. The third-order valence-corrected chi connectivity index (χ3v) is 2.34. The van der Waals surface area contributed by atoms with Gasteiger partial charge in [-0.25, -0.2) is 0 Å². The summed E-state index contributed by atoms with van der Waals surface area (Å²) >= 11 is 0. The first-order chi connectivity index (χ1) is 6.74. The zero-order chi connectivity index (χ0) is 10.4. The van der Waals surface area contributed by atoms with Crippen molar-refractivity contribution in [2.75, 3.05) is 13.1 Å². The van der Waals surface area contributed by atoms with Crippen LogP contribution in [0.5, 0.6) is 0 Å². The molecule has 80 valence electrons. The number of nitrogens with one attached hydrogen (secondary N) is 1. The smallest absolute Gasteiger partial charge is 0.0615 e. The maximum absolute atomic E-state index is 5.47. The van der Waals surface area contributed by atoms with Gasteiger partial charge >= 0.3 is 0 Å². The summed E-state index contributed by atoms with van der Waals surface area (Å²) in [7, 11) is 0. The van der Waals surface area contributed by atoms with E-state index in [4.69, 9.17) is 5.73 Å². The Morgan fingerprint density at radius 2 is 2.29 bits per heavy atom. The molecule has 0 aromatic carbocycles. The van der Waals surface area contributed by atoms with Gasteiger partial charge in [-0.3, -0.25) is 4.68 Å².